The molecule has 0 saturated heterocycles. The van der Waals surface area contributed by atoms with Gasteiger partial charge in [0.05, 0.1) is 38.1 Å². The van der Waals surface area contributed by atoms with Gasteiger partial charge in [0, 0.05) is 0 Å². The molecule has 9 heteroatoms. The van der Waals surface area contributed by atoms with Crippen molar-refractivity contribution in [2.24, 2.45) is 0 Å². The molecular weight excluding hydrogens is 334 g/mol. The molecule has 1 heterocycles. The van der Waals surface area contributed by atoms with Gasteiger partial charge < -0.3 is 18.9 Å². The van der Waals surface area contributed by atoms with Crippen molar-refractivity contribution >= 4 is 23.9 Å². The maximum atomic E-state index is 12.4. The molecule has 1 N–H and O–H groups in total. The van der Waals surface area contributed by atoms with E-state index < -0.39 is 35.5 Å². The predicted molar refractivity (Wildman–Crippen MR) is 84.3 cm³/mol. The summed E-state index contributed by atoms with van der Waals surface area (Å²) in [6.45, 7) is 6.14. The third kappa shape index (κ3) is 3.98. The number of hydrogen-bond donors (Lipinski definition) is 1. The van der Waals surface area contributed by atoms with Crippen molar-refractivity contribution in [3.63, 3.8) is 0 Å². The predicted octanol–water partition coefficient (Wildman–Crippen LogP) is -0.124. The molecule has 0 spiro atoms. The summed E-state index contributed by atoms with van der Waals surface area (Å²) >= 11 is 0. The number of carbonyl (C=O) groups is 4. The Balaban J connectivity index is 3.58. The summed E-state index contributed by atoms with van der Waals surface area (Å²) in [7, 11) is 1.12. The number of rotatable bonds is 7. The molecule has 0 fully saturated rings. The highest BCUT2D eigenvalue weighted by molar-refractivity contribution is 6.12. The Kier molecular flexibility index (Phi) is 7.10. The van der Waals surface area contributed by atoms with Crippen molar-refractivity contribution in [3.8, 4) is 0 Å². The summed E-state index contributed by atoms with van der Waals surface area (Å²) in [6, 6.07) is -1.36. The molecule has 0 aromatic heterocycles. The second-order valence-electron chi connectivity index (χ2n) is 5.18. The van der Waals surface area contributed by atoms with Crippen LogP contribution in [-0.2, 0) is 38.1 Å². The molecule has 0 saturated carbocycles. The van der Waals surface area contributed by atoms with E-state index in [1.165, 1.54) is 6.92 Å². The van der Waals surface area contributed by atoms with Gasteiger partial charge in [-0.3, -0.25) is 5.32 Å². The minimum atomic E-state index is -1.76. The zero-order chi connectivity index (χ0) is 19.2. The monoisotopic (exact) mass is 357 g/mol. The molecule has 9 nitrogen and oxygen atoms in total. The topological polar surface area (TPSA) is 117 Å². The van der Waals surface area contributed by atoms with E-state index in [1.54, 1.807) is 20.8 Å². The fourth-order valence-electron chi connectivity index (χ4n) is 2.56. The number of hydrogen-bond acceptors (Lipinski definition) is 9. The largest absolute Gasteiger partial charge is 0.467 e. The van der Waals surface area contributed by atoms with E-state index in [0.29, 0.717) is 0 Å². The molecule has 0 aromatic carbocycles. The first-order chi connectivity index (χ1) is 11.8. The maximum Gasteiger partial charge on any atom is 0.337 e. The van der Waals surface area contributed by atoms with E-state index in [0.717, 1.165) is 7.11 Å². The van der Waals surface area contributed by atoms with E-state index in [4.69, 9.17) is 18.9 Å². The summed E-state index contributed by atoms with van der Waals surface area (Å²) < 4.78 is 19.6. The Morgan fingerprint density at radius 2 is 1.48 bits per heavy atom. The van der Waals surface area contributed by atoms with Gasteiger partial charge in [-0.25, -0.2) is 19.2 Å². The van der Waals surface area contributed by atoms with E-state index in [2.05, 4.69) is 5.32 Å². The summed E-state index contributed by atoms with van der Waals surface area (Å²) in [6.07, 6.45) is 0. The van der Waals surface area contributed by atoms with Gasteiger partial charge in [0.2, 0.25) is 0 Å². The fraction of sp³-hybridized carbons (Fsp3) is 0.625. The van der Waals surface area contributed by atoms with Gasteiger partial charge in [0.25, 0.3) is 0 Å². The van der Waals surface area contributed by atoms with Crippen molar-refractivity contribution in [2.75, 3.05) is 26.9 Å². The Morgan fingerprint density at radius 1 is 0.960 bits per heavy atom. The summed E-state index contributed by atoms with van der Waals surface area (Å²) in [5.41, 5.74) is -2.40. The van der Waals surface area contributed by atoms with Crippen LogP contribution in [0, 0.1) is 0 Å². The molecule has 0 aromatic rings. The lowest BCUT2D eigenvalue weighted by Gasteiger charge is -2.25. The van der Waals surface area contributed by atoms with Crippen LogP contribution in [-0.4, -0.2) is 62.4 Å². The first kappa shape index (κ1) is 20.6. The highest BCUT2D eigenvalue weighted by Crippen LogP contribution is 2.34. The molecule has 25 heavy (non-hydrogen) atoms. The van der Waals surface area contributed by atoms with Gasteiger partial charge in [-0.2, -0.15) is 0 Å². The van der Waals surface area contributed by atoms with Crippen LogP contribution < -0.4 is 5.32 Å². The number of nitrogens with one attached hydrogen (secondary N) is 1. The van der Waals surface area contributed by atoms with E-state index in [9.17, 15) is 19.2 Å². The Morgan fingerprint density at radius 3 is 1.96 bits per heavy atom. The highest BCUT2D eigenvalue weighted by atomic mass is 16.5. The Labute approximate surface area is 145 Å². The van der Waals surface area contributed by atoms with Gasteiger partial charge >= 0.3 is 23.9 Å². The van der Waals surface area contributed by atoms with Crippen molar-refractivity contribution in [1.82, 2.24) is 5.32 Å². The summed E-state index contributed by atoms with van der Waals surface area (Å²) in [4.78, 5) is 49.4. The fourth-order valence-corrected chi connectivity index (χ4v) is 2.56. The number of methoxy groups -OCH3 is 1. The van der Waals surface area contributed by atoms with Gasteiger partial charge in [0.1, 0.15) is 11.6 Å². The minimum absolute atomic E-state index is 0.0137. The van der Waals surface area contributed by atoms with Crippen LogP contribution in [0.5, 0.6) is 0 Å². The van der Waals surface area contributed by atoms with Gasteiger partial charge in [-0.15, -0.1) is 0 Å². The minimum Gasteiger partial charge on any atom is -0.467 e. The van der Waals surface area contributed by atoms with Crippen molar-refractivity contribution in [2.45, 2.75) is 39.3 Å². The third-order valence-corrected chi connectivity index (χ3v) is 3.58. The molecule has 0 amide bonds. The summed E-state index contributed by atoms with van der Waals surface area (Å²) in [5, 5.41) is 2.66. The van der Waals surface area contributed by atoms with Crippen molar-refractivity contribution in [3.05, 3.63) is 11.1 Å². The molecule has 0 aliphatic carbocycles. The van der Waals surface area contributed by atoms with Crippen molar-refractivity contribution < 1.29 is 38.1 Å². The lowest BCUT2D eigenvalue weighted by atomic mass is 9.91. The van der Waals surface area contributed by atoms with Crippen LogP contribution >= 0.6 is 0 Å². The second kappa shape index (κ2) is 8.61. The molecule has 1 rings (SSSR count). The van der Waals surface area contributed by atoms with Crippen LogP contribution in [0.3, 0.4) is 0 Å². The summed E-state index contributed by atoms with van der Waals surface area (Å²) in [5.74, 6) is -3.51. The van der Waals surface area contributed by atoms with Gasteiger partial charge in [-0.1, -0.05) is 0 Å². The third-order valence-electron chi connectivity index (χ3n) is 3.58. The first-order valence-electron chi connectivity index (χ1n) is 7.89. The van der Waals surface area contributed by atoms with Gasteiger partial charge in [0.15, 0.2) is 0 Å². The van der Waals surface area contributed by atoms with E-state index in [1.807, 2.05) is 0 Å². The average molecular weight is 357 g/mol. The smallest absolute Gasteiger partial charge is 0.337 e. The molecule has 0 unspecified atom stereocenters. The first-order valence-corrected chi connectivity index (χ1v) is 7.89. The van der Waals surface area contributed by atoms with Gasteiger partial charge in [-0.05, 0) is 27.7 Å². The zero-order valence-electron chi connectivity index (χ0n) is 15.0. The molecule has 1 aliphatic rings. The normalized spacial score (nSPS) is 22.4. The SMILES string of the molecule is CCOC(=O)C1=C(C(=O)OCC)[C@@](C)(C(=O)OC)N[C@H]1C(=O)OCC. The number of carbonyl (C=O) groups excluding carboxylic acids is 4. The number of esters is 4. The number of ether oxygens (including phenoxy) is 4. The molecule has 1 aliphatic heterocycles. The molecule has 0 bridgehead atoms. The second-order valence-corrected chi connectivity index (χ2v) is 5.18. The Hall–Kier alpha value is -2.42. The van der Waals surface area contributed by atoms with Crippen LogP contribution in [0.4, 0.5) is 0 Å². The molecular formula is C16H23NO8. The molecule has 140 valence electrons. The quantitative estimate of drug-likeness (QED) is 0.491. The average Bonchev–Trinajstić information content (AvgIpc) is 2.89. The maximum absolute atomic E-state index is 12.4. The van der Waals surface area contributed by atoms with E-state index >= 15 is 0 Å². The Bertz CT molecular complexity index is 597. The van der Waals surface area contributed by atoms with Crippen LogP contribution in [0.15, 0.2) is 11.1 Å². The highest BCUT2D eigenvalue weighted by Gasteiger charge is 2.56. The standard InChI is InChI=1S/C16H23NO8/c1-6-23-12(18)9-10(13(19)24-7-2)16(4,15(21)22-5)17-11(9)14(20)25-8-3/h11,17H,6-8H2,1-5H3/t11-,16+/m1/s1. The van der Waals surface area contributed by atoms with Crippen LogP contribution in [0.25, 0.3) is 0 Å². The van der Waals surface area contributed by atoms with Crippen LogP contribution in [0.1, 0.15) is 27.7 Å². The van der Waals surface area contributed by atoms with Crippen LogP contribution in [0.2, 0.25) is 0 Å². The van der Waals surface area contributed by atoms with Crippen molar-refractivity contribution in [1.29, 1.82) is 0 Å². The van der Waals surface area contributed by atoms with E-state index in [-0.39, 0.29) is 31.0 Å². The zero-order valence-corrected chi connectivity index (χ0v) is 15.0. The lowest BCUT2D eigenvalue weighted by Crippen LogP contribution is -2.54. The lowest BCUT2D eigenvalue weighted by molar-refractivity contribution is -0.151. The molecule has 2 atom stereocenters. The molecule has 0 radical (unpaired) electrons.